The molecular formula is C15H19N3O. The van der Waals surface area contributed by atoms with Gasteiger partial charge in [0.25, 0.3) is 0 Å². The van der Waals surface area contributed by atoms with Crippen molar-refractivity contribution in [3.8, 4) is 11.5 Å². The lowest BCUT2D eigenvalue weighted by Crippen LogP contribution is -2.12. The molecule has 0 saturated carbocycles. The van der Waals surface area contributed by atoms with E-state index in [1.54, 1.807) is 0 Å². The SMILES string of the molecule is Cc1cc(-c2ccc(C)o2)nc(CC2CCNC2)n1. The van der Waals surface area contributed by atoms with Crippen molar-refractivity contribution >= 4 is 0 Å². The molecule has 100 valence electrons. The Bertz CT molecular complexity index is 571. The molecule has 0 amide bonds. The molecule has 0 radical (unpaired) electrons. The molecule has 3 rings (SSSR count). The van der Waals surface area contributed by atoms with Crippen molar-refractivity contribution in [3.63, 3.8) is 0 Å². The van der Waals surface area contributed by atoms with Gasteiger partial charge in [-0.1, -0.05) is 0 Å². The van der Waals surface area contributed by atoms with E-state index < -0.39 is 0 Å². The van der Waals surface area contributed by atoms with Crippen molar-refractivity contribution in [2.24, 2.45) is 5.92 Å². The van der Waals surface area contributed by atoms with Gasteiger partial charge in [-0.25, -0.2) is 9.97 Å². The van der Waals surface area contributed by atoms with Crippen LogP contribution in [0.2, 0.25) is 0 Å². The second-order valence-electron chi connectivity index (χ2n) is 5.28. The summed E-state index contributed by atoms with van der Waals surface area (Å²) < 4.78 is 5.65. The van der Waals surface area contributed by atoms with Crippen LogP contribution < -0.4 is 5.32 Å². The maximum atomic E-state index is 5.65. The number of aromatic nitrogens is 2. The molecule has 3 heterocycles. The monoisotopic (exact) mass is 257 g/mol. The molecule has 2 aromatic rings. The van der Waals surface area contributed by atoms with E-state index in [0.29, 0.717) is 5.92 Å². The first kappa shape index (κ1) is 12.4. The molecule has 0 aliphatic carbocycles. The lowest BCUT2D eigenvalue weighted by atomic mass is 10.0. The van der Waals surface area contributed by atoms with Crippen LogP contribution in [0.5, 0.6) is 0 Å². The Morgan fingerprint density at radius 2 is 2.21 bits per heavy atom. The van der Waals surface area contributed by atoms with Gasteiger partial charge in [-0.3, -0.25) is 0 Å². The molecule has 4 heteroatoms. The van der Waals surface area contributed by atoms with Crippen molar-refractivity contribution in [2.45, 2.75) is 26.7 Å². The molecule has 1 fully saturated rings. The topological polar surface area (TPSA) is 51.0 Å². The van der Waals surface area contributed by atoms with Gasteiger partial charge in [0.15, 0.2) is 5.76 Å². The molecule has 1 aliphatic heterocycles. The summed E-state index contributed by atoms with van der Waals surface area (Å²) in [6.45, 7) is 6.15. The Labute approximate surface area is 113 Å². The largest absolute Gasteiger partial charge is 0.460 e. The Morgan fingerprint density at radius 3 is 2.89 bits per heavy atom. The summed E-state index contributed by atoms with van der Waals surface area (Å²) in [5, 5.41) is 3.38. The highest BCUT2D eigenvalue weighted by atomic mass is 16.3. The van der Waals surface area contributed by atoms with Gasteiger partial charge in [0, 0.05) is 12.1 Å². The Hall–Kier alpha value is -1.68. The van der Waals surface area contributed by atoms with Crippen LogP contribution in [-0.2, 0) is 6.42 Å². The standard InChI is InChI=1S/C15H19N3O/c1-10-7-13(14-4-3-11(2)19-14)18-15(17-10)8-12-5-6-16-9-12/h3-4,7,12,16H,5-6,8-9H2,1-2H3. The van der Waals surface area contributed by atoms with Crippen molar-refractivity contribution < 1.29 is 4.42 Å². The number of hydrogen-bond acceptors (Lipinski definition) is 4. The van der Waals surface area contributed by atoms with Crippen molar-refractivity contribution in [1.82, 2.24) is 15.3 Å². The van der Waals surface area contributed by atoms with Gasteiger partial charge in [-0.15, -0.1) is 0 Å². The molecule has 4 nitrogen and oxygen atoms in total. The Balaban J connectivity index is 1.87. The fourth-order valence-electron chi connectivity index (χ4n) is 2.57. The number of hydrogen-bond donors (Lipinski definition) is 1. The molecular weight excluding hydrogens is 238 g/mol. The van der Waals surface area contributed by atoms with Crippen LogP contribution in [0.1, 0.15) is 23.7 Å². The summed E-state index contributed by atoms with van der Waals surface area (Å²) in [5.41, 5.74) is 1.89. The lowest BCUT2D eigenvalue weighted by molar-refractivity contribution is 0.541. The van der Waals surface area contributed by atoms with Crippen LogP contribution in [0.25, 0.3) is 11.5 Å². The highest BCUT2D eigenvalue weighted by molar-refractivity contribution is 5.52. The minimum atomic E-state index is 0.660. The smallest absolute Gasteiger partial charge is 0.152 e. The zero-order chi connectivity index (χ0) is 13.2. The van der Waals surface area contributed by atoms with E-state index in [4.69, 9.17) is 4.42 Å². The zero-order valence-corrected chi connectivity index (χ0v) is 11.4. The summed E-state index contributed by atoms with van der Waals surface area (Å²) in [4.78, 5) is 9.20. The van der Waals surface area contributed by atoms with E-state index >= 15 is 0 Å². The third-order valence-corrected chi connectivity index (χ3v) is 3.53. The molecule has 1 saturated heterocycles. The molecule has 0 bridgehead atoms. The number of aryl methyl sites for hydroxylation is 2. The van der Waals surface area contributed by atoms with Crippen LogP contribution in [0.4, 0.5) is 0 Å². The van der Waals surface area contributed by atoms with E-state index in [-0.39, 0.29) is 0 Å². The normalized spacial score (nSPS) is 18.9. The summed E-state index contributed by atoms with van der Waals surface area (Å²) in [5.74, 6) is 3.33. The number of furan rings is 1. The van der Waals surface area contributed by atoms with Gasteiger partial charge in [-0.05, 0) is 57.5 Å². The lowest BCUT2D eigenvalue weighted by Gasteiger charge is -2.08. The number of nitrogens with zero attached hydrogens (tertiary/aromatic N) is 2. The Kier molecular flexibility index (Phi) is 3.34. The maximum Gasteiger partial charge on any atom is 0.152 e. The van der Waals surface area contributed by atoms with E-state index in [0.717, 1.165) is 48.2 Å². The van der Waals surface area contributed by atoms with Crippen molar-refractivity contribution in [3.05, 3.63) is 35.5 Å². The van der Waals surface area contributed by atoms with Crippen LogP contribution in [0, 0.1) is 19.8 Å². The second kappa shape index (κ2) is 5.13. The number of rotatable bonds is 3. The molecule has 0 aromatic carbocycles. The third-order valence-electron chi connectivity index (χ3n) is 3.53. The summed E-state index contributed by atoms with van der Waals surface area (Å²) in [7, 11) is 0. The van der Waals surface area contributed by atoms with Gasteiger partial charge in [0.2, 0.25) is 0 Å². The Morgan fingerprint density at radius 1 is 1.32 bits per heavy atom. The second-order valence-corrected chi connectivity index (χ2v) is 5.28. The maximum absolute atomic E-state index is 5.65. The summed E-state index contributed by atoms with van der Waals surface area (Å²) in [6.07, 6.45) is 2.16. The zero-order valence-electron chi connectivity index (χ0n) is 11.4. The first-order valence-corrected chi connectivity index (χ1v) is 6.83. The molecule has 0 spiro atoms. The molecule has 1 aliphatic rings. The average Bonchev–Trinajstić information content (AvgIpc) is 3.00. The van der Waals surface area contributed by atoms with Crippen LogP contribution in [0.3, 0.4) is 0 Å². The first-order valence-electron chi connectivity index (χ1n) is 6.83. The minimum absolute atomic E-state index is 0.660. The van der Waals surface area contributed by atoms with Crippen LogP contribution in [0.15, 0.2) is 22.6 Å². The minimum Gasteiger partial charge on any atom is -0.460 e. The van der Waals surface area contributed by atoms with Crippen LogP contribution >= 0.6 is 0 Å². The van der Waals surface area contributed by atoms with Crippen molar-refractivity contribution in [1.29, 1.82) is 0 Å². The summed E-state index contributed by atoms with van der Waals surface area (Å²) in [6, 6.07) is 5.92. The van der Waals surface area contributed by atoms with Gasteiger partial charge < -0.3 is 9.73 Å². The van der Waals surface area contributed by atoms with Gasteiger partial charge >= 0.3 is 0 Å². The highest BCUT2D eigenvalue weighted by Gasteiger charge is 2.17. The number of nitrogens with one attached hydrogen (secondary N) is 1. The van der Waals surface area contributed by atoms with E-state index in [1.165, 1.54) is 6.42 Å². The van der Waals surface area contributed by atoms with Crippen LogP contribution in [-0.4, -0.2) is 23.1 Å². The summed E-state index contributed by atoms with van der Waals surface area (Å²) >= 11 is 0. The third kappa shape index (κ3) is 2.84. The van der Waals surface area contributed by atoms with E-state index in [1.807, 2.05) is 32.0 Å². The molecule has 2 aromatic heterocycles. The predicted octanol–water partition coefficient (Wildman–Crippen LogP) is 2.51. The van der Waals surface area contributed by atoms with Crippen molar-refractivity contribution in [2.75, 3.05) is 13.1 Å². The highest BCUT2D eigenvalue weighted by Crippen LogP contribution is 2.22. The molecule has 1 atom stereocenters. The first-order chi connectivity index (χ1) is 9.20. The average molecular weight is 257 g/mol. The molecule has 19 heavy (non-hydrogen) atoms. The predicted molar refractivity (Wildman–Crippen MR) is 73.9 cm³/mol. The van der Waals surface area contributed by atoms with Gasteiger partial charge in [-0.2, -0.15) is 0 Å². The van der Waals surface area contributed by atoms with Gasteiger partial charge in [0.1, 0.15) is 17.3 Å². The fraction of sp³-hybridized carbons (Fsp3) is 0.467. The molecule has 1 unspecified atom stereocenters. The van der Waals surface area contributed by atoms with Gasteiger partial charge in [0.05, 0.1) is 0 Å². The fourth-order valence-corrected chi connectivity index (χ4v) is 2.57. The van der Waals surface area contributed by atoms with E-state index in [2.05, 4.69) is 15.3 Å². The van der Waals surface area contributed by atoms with E-state index in [9.17, 15) is 0 Å². The molecule has 1 N–H and O–H groups in total. The quantitative estimate of drug-likeness (QED) is 0.918.